The van der Waals surface area contributed by atoms with Gasteiger partial charge in [-0.1, -0.05) is 37.8 Å². The molecular weight excluding hydrogens is 286 g/mol. The summed E-state index contributed by atoms with van der Waals surface area (Å²) in [5.41, 5.74) is 7.05. The minimum Gasteiger partial charge on any atom is -0.320 e. The van der Waals surface area contributed by atoms with Crippen LogP contribution in [0.4, 0.5) is 0 Å². The molecule has 0 saturated heterocycles. The van der Waals surface area contributed by atoms with E-state index in [4.69, 9.17) is 5.73 Å². The van der Waals surface area contributed by atoms with Crippen LogP contribution in [0.15, 0.2) is 24.3 Å². The van der Waals surface area contributed by atoms with E-state index in [1.54, 1.807) is 0 Å². The number of benzene rings is 1. The van der Waals surface area contributed by atoms with E-state index in [1.165, 1.54) is 4.31 Å². The summed E-state index contributed by atoms with van der Waals surface area (Å²) in [7, 11) is -3.47. The zero-order chi connectivity index (χ0) is 15.9. The number of rotatable bonds is 6. The molecule has 0 heterocycles. The third kappa shape index (κ3) is 5.14. The Balaban J connectivity index is 2.91. The van der Waals surface area contributed by atoms with Crippen LogP contribution in [0, 0.1) is 11.8 Å². The smallest absolute Gasteiger partial charge is 0.279 e. The van der Waals surface area contributed by atoms with Crippen molar-refractivity contribution >= 4 is 10.2 Å². The Morgan fingerprint density at radius 2 is 2.00 bits per heavy atom. The first kappa shape index (κ1) is 17.7. The lowest BCUT2D eigenvalue weighted by Crippen LogP contribution is -2.41. The van der Waals surface area contributed by atoms with Crippen molar-refractivity contribution in [1.29, 1.82) is 0 Å². The SMILES string of the molecule is CCN(CC)S(=O)(=O)NC(C)c1cccc(C#CCN)c1. The minimum atomic E-state index is -3.47. The summed E-state index contributed by atoms with van der Waals surface area (Å²) in [4.78, 5) is 0. The van der Waals surface area contributed by atoms with Gasteiger partial charge in [0.15, 0.2) is 0 Å². The summed E-state index contributed by atoms with van der Waals surface area (Å²) in [6.45, 7) is 6.64. The highest BCUT2D eigenvalue weighted by Crippen LogP contribution is 2.15. The maximum absolute atomic E-state index is 12.2. The number of hydrogen-bond acceptors (Lipinski definition) is 3. The predicted molar refractivity (Wildman–Crippen MR) is 85.8 cm³/mol. The third-order valence-corrected chi connectivity index (χ3v) is 4.94. The Bertz CT molecular complexity index is 613. The Hall–Kier alpha value is -1.39. The molecule has 0 aromatic heterocycles. The van der Waals surface area contributed by atoms with Gasteiger partial charge in [-0.15, -0.1) is 0 Å². The Labute approximate surface area is 127 Å². The van der Waals surface area contributed by atoms with Crippen molar-refractivity contribution in [3.63, 3.8) is 0 Å². The molecule has 0 spiro atoms. The van der Waals surface area contributed by atoms with Crippen LogP contribution >= 0.6 is 0 Å². The molecule has 0 radical (unpaired) electrons. The maximum atomic E-state index is 12.2. The largest absolute Gasteiger partial charge is 0.320 e. The molecule has 0 aliphatic rings. The summed E-state index contributed by atoms with van der Waals surface area (Å²) in [6.07, 6.45) is 0. The molecule has 1 rings (SSSR count). The fourth-order valence-corrected chi connectivity index (χ4v) is 3.38. The molecule has 1 aromatic carbocycles. The van der Waals surface area contributed by atoms with Gasteiger partial charge in [0, 0.05) is 24.7 Å². The molecule has 5 nitrogen and oxygen atoms in total. The van der Waals surface area contributed by atoms with Gasteiger partial charge in [-0.2, -0.15) is 17.4 Å². The number of hydrogen-bond donors (Lipinski definition) is 2. The Morgan fingerprint density at radius 1 is 1.33 bits per heavy atom. The second kappa shape index (κ2) is 8.15. The molecule has 0 fully saturated rings. The van der Waals surface area contributed by atoms with Crippen LogP contribution in [0.2, 0.25) is 0 Å². The highest BCUT2D eigenvalue weighted by molar-refractivity contribution is 7.87. The van der Waals surface area contributed by atoms with Crippen molar-refractivity contribution in [2.45, 2.75) is 26.8 Å². The van der Waals surface area contributed by atoms with Gasteiger partial charge in [0.25, 0.3) is 10.2 Å². The maximum Gasteiger partial charge on any atom is 0.279 e. The van der Waals surface area contributed by atoms with Crippen molar-refractivity contribution in [1.82, 2.24) is 9.03 Å². The van der Waals surface area contributed by atoms with Crippen molar-refractivity contribution in [2.75, 3.05) is 19.6 Å². The molecule has 0 bridgehead atoms. The van der Waals surface area contributed by atoms with Crippen LogP contribution in [0.1, 0.15) is 37.9 Å². The lowest BCUT2D eigenvalue weighted by Gasteiger charge is -2.22. The molecule has 6 heteroatoms. The number of nitrogens with one attached hydrogen (secondary N) is 1. The summed E-state index contributed by atoms with van der Waals surface area (Å²) in [6, 6.07) is 7.16. The van der Waals surface area contributed by atoms with Gasteiger partial charge >= 0.3 is 0 Å². The molecule has 1 aromatic rings. The van der Waals surface area contributed by atoms with Gasteiger partial charge in [-0.05, 0) is 24.6 Å². The normalized spacial score (nSPS) is 12.8. The van der Waals surface area contributed by atoms with Crippen molar-refractivity contribution < 1.29 is 8.42 Å². The molecule has 0 amide bonds. The van der Waals surface area contributed by atoms with E-state index >= 15 is 0 Å². The van der Waals surface area contributed by atoms with Crippen molar-refractivity contribution in [3.8, 4) is 11.8 Å². The first-order valence-electron chi connectivity index (χ1n) is 7.00. The standard InChI is InChI=1S/C15H23N3O2S/c1-4-18(5-2)21(19,20)17-13(3)15-10-6-8-14(12-15)9-7-11-16/h6,8,10,12-13,17H,4-5,11,16H2,1-3H3. The molecule has 0 saturated carbocycles. The van der Waals surface area contributed by atoms with Gasteiger partial charge in [0.2, 0.25) is 0 Å². The minimum absolute atomic E-state index is 0.300. The molecule has 1 atom stereocenters. The zero-order valence-corrected chi connectivity index (χ0v) is 13.6. The second-order valence-corrected chi connectivity index (χ2v) is 6.26. The Morgan fingerprint density at radius 3 is 2.57 bits per heavy atom. The van der Waals surface area contributed by atoms with Crippen LogP contribution in [0.5, 0.6) is 0 Å². The molecule has 0 aliphatic heterocycles. The summed E-state index contributed by atoms with van der Waals surface area (Å²) in [5.74, 6) is 5.73. The van der Waals surface area contributed by atoms with Gasteiger partial charge in [0.1, 0.15) is 0 Å². The number of nitrogens with zero attached hydrogens (tertiary/aromatic N) is 1. The summed E-state index contributed by atoms with van der Waals surface area (Å²) >= 11 is 0. The van der Waals surface area contributed by atoms with E-state index in [9.17, 15) is 8.42 Å². The van der Waals surface area contributed by atoms with E-state index in [0.717, 1.165) is 11.1 Å². The summed E-state index contributed by atoms with van der Waals surface area (Å²) < 4.78 is 28.5. The van der Waals surface area contributed by atoms with E-state index in [0.29, 0.717) is 19.6 Å². The van der Waals surface area contributed by atoms with Gasteiger partial charge in [0.05, 0.1) is 6.54 Å². The Kier molecular flexibility index (Phi) is 6.85. The van der Waals surface area contributed by atoms with Crippen LogP contribution in [0.3, 0.4) is 0 Å². The van der Waals surface area contributed by atoms with E-state index in [2.05, 4.69) is 16.6 Å². The highest BCUT2D eigenvalue weighted by Gasteiger charge is 2.21. The summed E-state index contributed by atoms with van der Waals surface area (Å²) in [5, 5.41) is 0. The van der Waals surface area contributed by atoms with Crippen LogP contribution < -0.4 is 10.5 Å². The first-order chi connectivity index (χ1) is 9.94. The monoisotopic (exact) mass is 309 g/mol. The number of nitrogens with two attached hydrogens (primary N) is 1. The average Bonchev–Trinajstić information content (AvgIpc) is 2.45. The van der Waals surface area contributed by atoms with E-state index in [1.807, 2.05) is 45.0 Å². The lowest BCUT2D eigenvalue weighted by molar-refractivity contribution is 0.429. The topological polar surface area (TPSA) is 75.4 Å². The van der Waals surface area contributed by atoms with Gasteiger partial charge in [-0.3, -0.25) is 0 Å². The van der Waals surface area contributed by atoms with E-state index in [-0.39, 0.29) is 6.04 Å². The fourth-order valence-electron chi connectivity index (χ4n) is 1.97. The highest BCUT2D eigenvalue weighted by atomic mass is 32.2. The molecule has 3 N–H and O–H groups in total. The van der Waals surface area contributed by atoms with Crippen LogP contribution in [-0.2, 0) is 10.2 Å². The molecule has 1 unspecified atom stereocenters. The average molecular weight is 309 g/mol. The molecule has 116 valence electrons. The van der Waals surface area contributed by atoms with E-state index < -0.39 is 10.2 Å². The predicted octanol–water partition coefficient (Wildman–Crippen LogP) is 1.23. The van der Waals surface area contributed by atoms with Crippen molar-refractivity contribution in [3.05, 3.63) is 35.4 Å². The van der Waals surface area contributed by atoms with Crippen molar-refractivity contribution in [2.24, 2.45) is 5.73 Å². The first-order valence-corrected chi connectivity index (χ1v) is 8.44. The van der Waals surface area contributed by atoms with Gasteiger partial charge in [-0.25, -0.2) is 0 Å². The molecule has 21 heavy (non-hydrogen) atoms. The lowest BCUT2D eigenvalue weighted by atomic mass is 10.1. The zero-order valence-electron chi connectivity index (χ0n) is 12.8. The molecule has 0 aliphatic carbocycles. The van der Waals surface area contributed by atoms with Gasteiger partial charge < -0.3 is 5.73 Å². The third-order valence-electron chi connectivity index (χ3n) is 3.09. The quantitative estimate of drug-likeness (QED) is 0.776. The van der Waals surface area contributed by atoms with Crippen LogP contribution in [-0.4, -0.2) is 32.4 Å². The van der Waals surface area contributed by atoms with Crippen LogP contribution in [0.25, 0.3) is 0 Å². The second-order valence-electron chi connectivity index (χ2n) is 4.56. The fraction of sp³-hybridized carbons (Fsp3) is 0.467. The molecular formula is C15H23N3O2S.